The van der Waals surface area contributed by atoms with E-state index in [1.807, 2.05) is 0 Å². The number of ether oxygens (including phenoxy) is 1. The van der Waals surface area contributed by atoms with Crippen molar-refractivity contribution in [2.75, 3.05) is 7.11 Å². The molecule has 4 nitrogen and oxygen atoms in total. The maximum atomic E-state index is 13.8. The molecule has 2 aromatic rings. The highest BCUT2D eigenvalue weighted by atomic mass is 19.4. The van der Waals surface area contributed by atoms with Gasteiger partial charge in [-0.1, -0.05) is 32.0 Å². The Labute approximate surface area is 166 Å². The molecule has 2 N–H and O–H groups in total. The summed E-state index contributed by atoms with van der Waals surface area (Å²) in [4.78, 5) is 12.0. The van der Waals surface area contributed by atoms with Crippen LogP contribution in [0.2, 0.25) is 0 Å². The SMILES string of the molecule is COC(=O)C(CC(C)C)NC(c1ccc(O)c(-c2ccc(F)cc2)c1)C(F)(F)F. The van der Waals surface area contributed by atoms with Crippen molar-refractivity contribution >= 4 is 5.97 Å². The fourth-order valence-corrected chi connectivity index (χ4v) is 3.02. The number of phenols is 1. The molecule has 0 saturated carbocycles. The van der Waals surface area contributed by atoms with Gasteiger partial charge >= 0.3 is 12.1 Å². The Morgan fingerprint density at radius 3 is 2.28 bits per heavy atom. The number of rotatable bonds is 7. The third kappa shape index (κ3) is 5.93. The van der Waals surface area contributed by atoms with Crippen LogP contribution in [0.15, 0.2) is 42.5 Å². The van der Waals surface area contributed by atoms with Gasteiger partial charge in [0.1, 0.15) is 23.7 Å². The average Bonchev–Trinajstić information content (AvgIpc) is 2.64. The van der Waals surface area contributed by atoms with Crippen LogP contribution in [-0.2, 0) is 9.53 Å². The summed E-state index contributed by atoms with van der Waals surface area (Å²) in [6.45, 7) is 3.57. The van der Waals surface area contributed by atoms with Crippen LogP contribution in [0.4, 0.5) is 17.6 Å². The van der Waals surface area contributed by atoms with Crippen molar-refractivity contribution in [2.45, 2.75) is 38.5 Å². The largest absolute Gasteiger partial charge is 0.507 e. The van der Waals surface area contributed by atoms with Crippen LogP contribution in [0.3, 0.4) is 0 Å². The van der Waals surface area contributed by atoms with Gasteiger partial charge in [0.05, 0.1) is 7.11 Å². The molecule has 0 bridgehead atoms. The van der Waals surface area contributed by atoms with Gasteiger partial charge in [-0.2, -0.15) is 13.2 Å². The van der Waals surface area contributed by atoms with Gasteiger partial charge in [0, 0.05) is 5.56 Å². The summed E-state index contributed by atoms with van der Waals surface area (Å²) in [5.41, 5.74) is 0.294. The first kappa shape index (κ1) is 22.7. The molecular weight excluding hydrogens is 390 g/mol. The zero-order chi connectivity index (χ0) is 21.8. The number of benzene rings is 2. The number of esters is 1. The highest BCUT2D eigenvalue weighted by Gasteiger charge is 2.43. The Kier molecular flexibility index (Phi) is 7.24. The van der Waals surface area contributed by atoms with Gasteiger partial charge in [0.2, 0.25) is 0 Å². The first-order valence-corrected chi connectivity index (χ1v) is 9.02. The molecular formula is C21H23F4NO3. The quantitative estimate of drug-likeness (QED) is 0.497. The van der Waals surface area contributed by atoms with Gasteiger partial charge in [-0.15, -0.1) is 0 Å². The first-order valence-electron chi connectivity index (χ1n) is 9.02. The number of hydrogen-bond acceptors (Lipinski definition) is 4. The normalized spacial score (nSPS) is 13.9. The molecule has 0 fully saturated rings. The molecule has 2 rings (SSSR count). The summed E-state index contributed by atoms with van der Waals surface area (Å²) in [5.74, 6) is -1.58. The number of halogens is 4. The Bertz CT molecular complexity index is 835. The van der Waals surface area contributed by atoms with E-state index in [1.165, 1.54) is 18.2 Å². The Morgan fingerprint density at radius 1 is 1.14 bits per heavy atom. The summed E-state index contributed by atoms with van der Waals surface area (Å²) < 4.78 is 59.3. The number of nitrogens with one attached hydrogen (secondary N) is 1. The second-order valence-electron chi connectivity index (χ2n) is 7.13. The van der Waals surface area contributed by atoms with Crippen LogP contribution in [0, 0.1) is 11.7 Å². The standard InChI is InChI=1S/C21H23F4NO3/c1-12(2)10-17(20(28)29-3)26-19(21(23,24)25)14-6-9-18(27)16(11-14)13-4-7-15(22)8-5-13/h4-9,11-12,17,19,26-27H,10H2,1-3H3. The molecule has 0 aliphatic heterocycles. The molecule has 0 amide bonds. The molecule has 29 heavy (non-hydrogen) atoms. The lowest BCUT2D eigenvalue weighted by Gasteiger charge is -2.28. The first-order chi connectivity index (χ1) is 13.5. The maximum absolute atomic E-state index is 13.8. The molecule has 0 spiro atoms. The van der Waals surface area contributed by atoms with E-state index in [2.05, 4.69) is 10.1 Å². The maximum Gasteiger partial charge on any atom is 0.407 e. The molecule has 2 unspecified atom stereocenters. The molecule has 0 heterocycles. The predicted molar refractivity (Wildman–Crippen MR) is 101 cm³/mol. The van der Waals surface area contributed by atoms with E-state index in [0.29, 0.717) is 5.56 Å². The van der Waals surface area contributed by atoms with Gasteiger partial charge in [0.15, 0.2) is 0 Å². The summed E-state index contributed by atoms with van der Waals surface area (Å²) >= 11 is 0. The molecule has 8 heteroatoms. The van der Waals surface area contributed by atoms with Crippen LogP contribution in [-0.4, -0.2) is 30.4 Å². The van der Waals surface area contributed by atoms with Crippen molar-refractivity contribution in [3.05, 3.63) is 53.8 Å². The predicted octanol–water partition coefficient (Wildman–Crippen LogP) is 4.98. The number of aromatic hydroxyl groups is 1. The van der Waals surface area contributed by atoms with Crippen molar-refractivity contribution < 1.29 is 32.2 Å². The third-order valence-electron chi connectivity index (χ3n) is 4.40. The molecule has 158 valence electrons. The second kappa shape index (κ2) is 9.26. The molecule has 0 aliphatic carbocycles. The summed E-state index contributed by atoms with van der Waals surface area (Å²) in [7, 11) is 1.12. The molecule has 2 aromatic carbocycles. The van der Waals surface area contributed by atoms with Crippen LogP contribution < -0.4 is 5.32 Å². The molecule has 2 atom stereocenters. The fraction of sp³-hybridized carbons (Fsp3) is 0.381. The number of carbonyl (C=O) groups excluding carboxylic acids is 1. The van der Waals surface area contributed by atoms with E-state index in [-0.39, 0.29) is 29.2 Å². The van der Waals surface area contributed by atoms with Gasteiger partial charge in [-0.3, -0.25) is 10.1 Å². The molecule has 0 radical (unpaired) electrons. The summed E-state index contributed by atoms with van der Waals surface area (Å²) in [6, 6.07) is 5.16. The lowest BCUT2D eigenvalue weighted by Crippen LogP contribution is -2.45. The summed E-state index contributed by atoms with van der Waals surface area (Å²) in [5, 5.41) is 12.5. The van der Waals surface area contributed by atoms with Gasteiger partial charge in [0.25, 0.3) is 0 Å². The fourth-order valence-electron chi connectivity index (χ4n) is 3.02. The highest BCUT2D eigenvalue weighted by molar-refractivity contribution is 5.76. The zero-order valence-corrected chi connectivity index (χ0v) is 16.3. The van der Waals surface area contributed by atoms with Gasteiger partial charge in [-0.05, 0) is 47.7 Å². The minimum atomic E-state index is -4.71. The van der Waals surface area contributed by atoms with Crippen molar-refractivity contribution in [3.8, 4) is 16.9 Å². The number of phenolic OH excluding ortho intramolecular Hbond substituents is 1. The minimum Gasteiger partial charge on any atom is -0.507 e. The van der Waals surface area contributed by atoms with Crippen molar-refractivity contribution in [1.82, 2.24) is 5.32 Å². The number of hydrogen-bond donors (Lipinski definition) is 2. The van der Waals surface area contributed by atoms with Gasteiger partial charge in [-0.25, -0.2) is 4.39 Å². The molecule has 0 aliphatic rings. The van der Waals surface area contributed by atoms with Crippen molar-refractivity contribution in [1.29, 1.82) is 0 Å². The van der Waals surface area contributed by atoms with Crippen LogP contribution in [0.25, 0.3) is 11.1 Å². The Balaban J connectivity index is 2.46. The van der Waals surface area contributed by atoms with Crippen LogP contribution in [0.5, 0.6) is 5.75 Å². The minimum absolute atomic E-state index is 0.0462. The third-order valence-corrected chi connectivity index (χ3v) is 4.40. The number of alkyl halides is 3. The molecule has 0 aromatic heterocycles. The Hall–Kier alpha value is -2.61. The summed E-state index contributed by atoms with van der Waals surface area (Å²) in [6.07, 6.45) is -4.55. The monoisotopic (exact) mass is 413 g/mol. The van der Waals surface area contributed by atoms with Crippen LogP contribution in [0.1, 0.15) is 31.9 Å². The Morgan fingerprint density at radius 2 is 1.76 bits per heavy atom. The lowest BCUT2D eigenvalue weighted by atomic mass is 9.96. The molecule has 0 saturated heterocycles. The zero-order valence-electron chi connectivity index (χ0n) is 16.3. The van der Waals surface area contributed by atoms with Gasteiger partial charge < -0.3 is 9.84 Å². The van der Waals surface area contributed by atoms with Crippen molar-refractivity contribution in [2.24, 2.45) is 5.92 Å². The van der Waals surface area contributed by atoms with E-state index in [1.54, 1.807) is 13.8 Å². The topological polar surface area (TPSA) is 58.6 Å². The van der Waals surface area contributed by atoms with Crippen molar-refractivity contribution in [3.63, 3.8) is 0 Å². The van der Waals surface area contributed by atoms with Crippen LogP contribution >= 0.6 is 0 Å². The van der Waals surface area contributed by atoms with E-state index in [4.69, 9.17) is 0 Å². The lowest BCUT2D eigenvalue weighted by molar-refractivity contribution is -0.164. The van der Waals surface area contributed by atoms with E-state index in [0.717, 1.165) is 31.4 Å². The van der Waals surface area contributed by atoms with E-state index < -0.39 is 30.0 Å². The average molecular weight is 413 g/mol. The smallest absolute Gasteiger partial charge is 0.407 e. The highest BCUT2D eigenvalue weighted by Crippen LogP contribution is 2.38. The number of methoxy groups -OCH3 is 1. The van der Waals surface area contributed by atoms with E-state index in [9.17, 15) is 27.5 Å². The van der Waals surface area contributed by atoms with E-state index >= 15 is 0 Å². The number of carbonyl (C=O) groups is 1. The second-order valence-corrected chi connectivity index (χ2v) is 7.13.